The van der Waals surface area contributed by atoms with Crippen molar-refractivity contribution >= 4 is 0 Å². The third-order valence-corrected chi connectivity index (χ3v) is 2.76. The highest BCUT2D eigenvalue weighted by atomic mass is 15.3. The molecule has 13 heavy (non-hydrogen) atoms. The Hall–Kier alpha value is -0.830. The molecule has 0 amide bonds. The van der Waals surface area contributed by atoms with Crippen molar-refractivity contribution in [3.63, 3.8) is 0 Å². The minimum Gasteiger partial charge on any atom is -0.316 e. The third kappa shape index (κ3) is 1.75. The van der Waals surface area contributed by atoms with Crippen molar-refractivity contribution in [1.82, 2.24) is 15.1 Å². The van der Waals surface area contributed by atoms with Gasteiger partial charge in [-0.05, 0) is 32.4 Å². The van der Waals surface area contributed by atoms with Crippen LogP contribution in [0.4, 0.5) is 0 Å². The van der Waals surface area contributed by atoms with Crippen molar-refractivity contribution in [2.24, 2.45) is 0 Å². The van der Waals surface area contributed by atoms with Gasteiger partial charge in [0.05, 0.1) is 0 Å². The van der Waals surface area contributed by atoms with E-state index in [0.717, 1.165) is 13.1 Å². The van der Waals surface area contributed by atoms with Crippen LogP contribution in [0.3, 0.4) is 0 Å². The average Bonchev–Trinajstić information content (AvgIpc) is 2.67. The lowest BCUT2D eigenvalue weighted by atomic mass is 9.96. The summed E-state index contributed by atoms with van der Waals surface area (Å²) in [6, 6.07) is 2.15. The van der Waals surface area contributed by atoms with E-state index in [1.165, 1.54) is 25.1 Å². The van der Waals surface area contributed by atoms with E-state index in [-0.39, 0.29) is 0 Å². The second kappa shape index (κ2) is 3.92. The van der Waals surface area contributed by atoms with Crippen molar-refractivity contribution in [3.8, 4) is 0 Å². The van der Waals surface area contributed by atoms with Crippen molar-refractivity contribution in [1.29, 1.82) is 0 Å². The van der Waals surface area contributed by atoms with Crippen LogP contribution in [0.15, 0.2) is 12.3 Å². The summed E-state index contributed by atoms with van der Waals surface area (Å²) >= 11 is 0. The van der Waals surface area contributed by atoms with E-state index in [9.17, 15) is 0 Å². The maximum absolute atomic E-state index is 4.30. The van der Waals surface area contributed by atoms with Gasteiger partial charge in [-0.3, -0.25) is 4.68 Å². The van der Waals surface area contributed by atoms with Crippen LogP contribution in [0.25, 0.3) is 0 Å². The summed E-state index contributed by atoms with van der Waals surface area (Å²) in [7, 11) is 0. The smallest absolute Gasteiger partial charge is 0.0492 e. The first-order valence-corrected chi connectivity index (χ1v) is 5.14. The Bertz CT molecular complexity index is 261. The van der Waals surface area contributed by atoms with Gasteiger partial charge in [-0.15, -0.1) is 0 Å². The number of hydrogen-bond donors (Lipinski definition) is 1. The lowest BCUT2D eigenvalue weighted by Crippen LogP contribution is -2.29. The maximum atomic E-state index is 4.30. The molecule has 1 atom stereocenters. The molecule has 0 unspecified atom stereocenters. The van der Waals surface area contributed by atoms with Gasteiger partial charge in [0.15, 0.2) is 0 Å². The first-order valence-electron chi connectivity index (χ1n) is 5.14. The Morgan fingerprint density at radius 3 is 3.31 bits per heavy atom. The summed E-state index contributed by atoms with van der Waals surface area (Å²) in [6.45, 7) is 5.42. The van der Waals surface area contributed by atoms with Gasteiger partial charge in [-0.2, -0.15) is 5.10 Å². The number of piperidine rings is 1. The molecule has 1 aromatic rings. The van der Waals surface area contributed by atoms with E-state index in [2.05, 4.69) is 28.1 Å². The number of aromatic nitrogens is 2. The number of hydrogen-bond acceptors (Lipinski definition) is 2. The first kappa shape index (κ1) is 8.75. The average molecular weight is 179 g/mol. The molecule has 72 valence electrons. The van der Waals surface area contributed by atoms with E-state index in [4.69, 9.17) is 0 Å². The Morgan fingerprint density at radius 2 is 2.62 bits per heavy atom. The molecule has 1 fully saturated rings. The van der Waals surface area contributed by atoms with Crippen LogP contribution in [0.1, 0.15) is 31.4 Å². The number of aryl methyl sites for hydroxylation is 1. The minimum atomic E-state index is 0.677. The van der Waals surface area contributed by atoms with Crippen molar-refractivity contribution in [3.05, 3.63) is 18.0 Å². The monoisotopic (exact) mass is 179 g/mol. The standard InChI is InChI=1S/C10H17N3/c1-2-13-10(5-7-12-13)9-4-3-6-11-8-9/h5,7,9,11H,2-4,6,8H2,1H3/t9-/m0/s1. The molecule has 1 aromatic heterocycles. The zero-order valence-electron chi connectivity index (χ0n) is 8.16. The van der Waals surface area contributed by atoms with Crippen LogP contribution in [0.5, 0.6) is 0 Å². The minimum absolute atomic E-state index is 0.677. The second-order valence-electron chi connectivity index (χ2n) is 3.62. The fourth-order valence-corrected chi connectivity index (χ4v) is 2.06. The molecular weight excluding hydrogens is 162 g/mol. The van der Waals surface area contributed by atoms with E-state index in [1.54, 1.807) is 0 Å². The van der Waals surface area contributed by atoms with Crippen LogP contribution >= 0.6 is 0 Å². The Labute approximate surface area is 79.1 Å². The number of rotatable bonds is 2. The molecule has 0 bridgehead atoms. The maximum Gasteiger partial charge on any atom is 0.0492 e. The van der Waals surface area contributed by atoms with Crippen molar-refractivity contribution in [2.45, 2.75) is 32.2 Å². The lowest BCUT2D eigenvalue weighted by molar-refractivity contribution is 0.434. The Kier molecular flexibility index (Phi) is 2.64. The van der Waals surface area contributed by atoms with E-state index in [0.29, 0.717) is 5.92 Å². The van der Waals surface area contributed by atoms with Gasteiger partial charge < -0.3 is 5.32 Å². The summed E-state index contributed by atoms with van der Waals surface area (Å²) in [6.07, 6.45) is 4.51. The van der Waals surface area contributed by atoms with Gasteiger partial charge in [-0.25, -0.2) is 0 Å². The molecular formula is C10H17N3. The highest BCUT2D eigenvalue weighted by molar-refractivity contribution is 5.09. The molecule has 1 aliphatic rings. The summed E-state index contributed by atoms with van der Waals surface area (Å²) in [5, 5.41) is 7.73. The summed E-state index contributed by atoms with van der Waals surface area (Å²) < 4.78 is 2.11. The molecule has 2 heterocycles. The quantitative estimate of drug-likeness (QED) is 0.743. The SMILES string of the molecule is CCn1nccc1[C@H]1CCCNC1. The van der Waals surface area contributed by atoms with E-state index in [1.807, 2.05) is 6.20 Å². The Balaban J connectivity index is 2.13. The molecule has 0 aromatic carbocycles. The summed E-state index contributed by atoms with van der Waals surface area (Å²) in [5.74, 6) is 0.677. The van der Waals surface area contributed by atoms with Crippen LogP contribution in [-0.4, -0.2) is 22.9 Å². The second-order valence-corrected chi connectivity index (χ2v) is 3.62. The fraction of sp³-hybridized carbons (Fsp3) is 0.700. The van der Waals surface area contributed by atoms with Crippen molar-refractivity contribution in [2.75, 3.05) is 13.1 Å². The molecule has 0 saturated carbocycles. The highest BCUT2D eigenvalue weighted by Gasteiger charge is 2.17. The molecule has 0 radical (unpaired) electrons. The highest BCUT2D eigenvalue weighted by Crippen LogP contribution is 2.22. The molecule has 0 spiro atoms. The van der Waals surface area contributed by atoms with Gasteiger partial charge in [0, 0.05) is 30.9 Å². The van der Waals surface area contributed by atoms with Crippen LogP contribution in [-0.2, 0) is 6.54 Å². The first-order chi connectivity index (χ1) is 6.42. The van der Waals surface area contributed by atoms with Crippen LogP contribution in [0, 0.1) is 0 Å². The van der Waals surface area contributed by atoms with Gasteiger partial charge in [0.2, 0.25) is 0 Å². The Morgan fingerprint density at radius 1 is 1.69 bits per heavy atom. The predicted molar refractivity (Wildman–Crippen MR) is 52.7 cm³/mol. The fourth-order valence-electron chi connectivity index (χ4n) is 2.06. The van der Waals surface area contributed by atoms with Crippen molar-refractivity contribution < 1.29 is 0 Å². The predicted octanol–water partition coefficient (Wildman–Crippen LogP) is 1.37. The van der Waals surface area contributed by atoms with Gasteiger partial charge in [0.1, 0.15) is 0 Å². The molecule has 1 saturated heterocycles. The molecule has 1 N–H and O–H groups in total. The normalized spacial score (nSPS) is 23.3. The number of nitrogens with one attached hydrogen (secondary N) is 1. The zero-order chi connectivity index (χ0) is 9.10. The third-order valence-electron chi connectivity index (χ3n) is 2.76. The number of nitrogens with zero attached hydrogens (tertiary/aromatic N) is 2. The van der Waals surface area contributed by atoms with Gasteiger partial charge >= 0.3 is 0 Å². The molecule has 3 nitrogen and oxygen atoms in total. The topological polar surface area (TPSA) is 29.9 Å². The summed E-state index contributed by atoms with van der Waals surface area (Å²) in [5.41, 5.74) is 1.40. The van der Waals surface area contributed by atoms with E-state index >= 15 is 0 Å². The zero-order valence-corrected chi connectivity index (χ0v) is 8.16. The lowest BCUT2D eigenvalue weighted by Gasteiger charge is -2.23. The van der Waals surface area contributed by atoms with Gasteiger partial charge in [-0.1, -0.05) is 0 Å². The molecule has 3 heteroatoms. The van der Waals surface area contributed by atoms with Crippen LogP contribution < -0.4 is 5.32 Å². The van der Waals surface area contributed by atoms with Gasteiger partial charge in [0.25, 0.3) is 0 Å². The molecule has 2 rings (SSSR count). The molecule has 1 aliphatic heterocycles. The van der Waals surface area contributed by atoms with Crippen LogP contribution in [0.2, 0.25) is 0 Å². The van der Waals surface area contributed by atoms with E-state index < -0.39 is 0 Å². The largest absolute Gasteiger partial charge is 0.316 e. The summed E-state index contributed by atoms with van der Waals surface area (Å²) in [4.78, 5) is 0. The molecule has 0 aliphatic carbocycles.